The normalized spacial score (nSPS) is 18.7. The van der Waals surface area contributed by atoms with Gasteiger partial charge in [-0.25, -0.2) is 0 Å². The number of allylic oxidation sites excluding steroid dienone is 1. The van der Waals surface area contributed by atoms with Crippen LogP contribution in [0.4, 0.5) is 0 Å². The second-order valence-electron chi connectivity index (χ2n) is 7.29. The molecule has 7 heteroatoms. The lowest BCUT2D eigenvalue weighted by molar-refractivity contribution is -0.135. The number of halogens is 1. The summed E-state index contributed by atoms with van der Waals surface area (Å²) in [7, 11) is 0. The third-order valence-corrected chi connectivity index (χ3v) is 5.37. The molecule has 29 heavy (non-hydrogen) atoms. The lowest BCUT2D eigenvalue weighted by Crippen LogP contribution is -2.12. The number of hydrogen-bond acceptors (Lipinski definition) is 6. The molecular weight excluding hydrogens is 396 g/mol. The molecule has 6 nitrogen and oxygen atoms in total. The van der Waals surface area contributed by atoms with Crippen molar-refractivity contribution in [2.45, 2.75) is 26.4 Å². The molecule has 0 radical (unpaired) electrons. The minimum absolute atomic E-state index is 0.0151. The van der Waals surface area contributed by atoms with Crippen molar-refractivity contribution in [3.8, 4) is 17.2 Å². The lowest BCUT2D eigenvalue weighted by Gasteiger charge is -2.20. The molecule has 1 aliphatic carbocycles. The molecule has 3 aliphatic rings. The van der Waals surface area contributed by atoms with Crippen molar-refractivity contribution in [3.05, 3.63) is 57.3 Å². The van der Waals surface area contributed by atoms with E-state index in [2.05, 4.69) is 0 Å². The van der Waals surface area contributed by atoms with E-state index in [4.69, 9.17) is 30.5 Å². The fourth-order valence-electron chi connectivity index (χ4n) is 3.45. The van der Waals surface area contributed by atoms with E-state index in [0.717, 1.165) is 18.4 Å². The van der Waals surface area contributed by atoms with E-state index in [1.165, 1.54) is 0 Å². The van der Waals surface area contributed by atoms with Crippen molar-refractivity contribution in [2.24, 2.45) is 5.92 Å². The second-order valence-corrected chi connectivity index (χ2v) is 7.73. The zero-order valence-corrected chi connectivity index (χ0v) is 16.4. The van der Waals surface area contributed by atoms with Crippen LogP contribution in [-0.4, -0.2) is 18.5 Å². The molecule has 1 fully saturated rings. The van der Waals surface area contributed by atoms with Crippen LogP contribution in [0, 0.1) is 12.8 Å². The maximum Gasteiger partial charge on any atom is 0.314 e. The molecule has 0 saturated heterocycles. The Morgan fingerprint density at radius 3 is 2.86 bits per heavy atom. The van der Waals surface area contributed by atoms with Gasteiger partial charge in [-0.05, 0) is 50.1 Å². The van der Waals surface area contributed by atoms with Gasteiger partial charge in [0.25, 0.3) is 0 Å². The molecule has 0 amide bonds. The molecule has 0 N–H and O–H groups in total. The van der Waals surface area contributed by atoms with E-state index in [9.17, 15) is 9.59 Å². The highest BCUT2D eigenvalue weighted by Crippen LogP contribution is 2.41. The van der Waals surface area contributed by atoms with E-state index >= 15 is 0 Å². The first-order chi connectivity index (χ1) is 14.0. The molecule has 5 rings (SSSR count). The van der Waals surface area contributed by atoms with E-state index in [1.54, 1.807) is 37.3 Å². The molecule has 0 aromatic heterocycles. The highest BCUT2D eigenvalue weighted by molar-refractivity contribution is 6.31. The number of fused-ring (bicyclic) bond motifs is 2. The molecule has 0 bridgehead atoms. The highest BCUT2D eigenvalue weighted by Gasteiger charge is 2.34. The van der Waals surface area contributed by atoms with Crippen LogP contribution in [0.2, 0.25) is 5.02 Å². The molecule has 2 aromatic rings. The quantitative estimate of drug-likeness (QED) is 0.421. The second kappa shape index (κ2) is 6.90. The van der Waals surface area contributed by atoms with Crippen LogP contribution in [0.1, 0.15) is 39.9 Å². The van der Waals surface area contributed by atoms with Gasteiger partial charge in [0.05, 0.1) is 18.1 Å². The van der Waals surface area contributed by atoms with E-state index in [1.807, 2.05) is 0 Å². The molecular formula is C22H17ClO6. The van der Waals surface area contributed by atoms with Crippen LogP contribution in [0.15, 0.2) is 30.0 Å². The van der Waals surface area contributed by atoms with Gasteiger partial charge >= 0.3 is 5.97 Å². The van der Waals surface area contributed by atoms with Gasteiger partial charge in [0.2, 0.25) is 5.78 Å². The zero-order chi connectivity index (χ0) is 20.1. The minimum Gasteiger partial charge on any atom is -0.467 e. The summed E-state index contributed by atoms with van der Waals surface area (Å²) >= 11 is 6.20. The molecule has 2 heterocycles. The van der Waals surface area contributed by atoms with Gasteiger partial charge in [-0.2, -0.15) is 0 Å². The van der Waals surface area contributed by atoms with Gasteiger partial charge in [0, 0.05) is 21.7 Å². The highest BCUT2D eigenvalue weighted by atomic mass is 35.5. The third-order valence-electron chi connectivity index (χ3n) is 5.15. The van der Waals surface area contributed by atoms with Crippen LogP contribution in [0.3, 0.4) is 0 Å². The van der Waals surface area contributed by atoms with E-state index < -0.39 is 0 Å². The first-order valence-electron chi connectivity index (χ1n) is 9.34. The predicted molar refractivity (Wildman–Crippen MR) is 104 cm³/mol. The molecule has 1 saturated carbocycles. The van der Waals surface area contributed by atoms with Crippen molar-refractivity contribution in [1.82, 2.24) is 0 Å². The molecule has 0 atom stereocenters. The Labute approximate surface area is 172 Å². The summed E-state index contributed by atoms with van der Waals surface area (Å²) < 4.78 is 22.2. The van der Waals surface area contributed by atoms with Gasteiger partial charge in [0.1, 0.15) is 17.2 Å². The fraction of sp³-hybridized carbons (Fsp3) is 0.273. The van der Waals surface area contributed by atoms with Crippen LogP contribution < -0.4 is 14.2 Å². The largest absolute Gasteiger partial charge is 0.467 e. The fourth-order valence-corrected chi connectivity index (χ4v) is 3.70. The Balaban J connectivity index is 1.49. The smallest absolute Gasteiger partial charge is 0.314 e. The number of rotatable bonds is 3. The lowest BCUT2D eigenvalue weighted by atomic mass is 10.0. The van der Waals surface area contributed by atoms with Crippen LogP contribution in [0.25, 0.3) is 6.08 Å². The summed E-state index contributed by atoms with van der Waals surface area (Å²) in [5.41, 5.74) is 2.50. The van der Waals surface area contributed by atoms with Crippen LogP contribution in [-0.2, 0) is 16.1 Å². The molecule has 0 unspecified atom stereocenters. The molecule has 2 aliphatic heterocycles. The Morgan fingerprint density at radius 2 is 2.07 bits per heavy atom. The summed E-state index contributed by atoms with van der Waals surface area (Å²) in [6, 6.07) is 6.75. The number of hydrogen-bond donors (Lipinski definition) is 0. The average molecular weight is 413 g/mol. The van der Waals surface area contributed by atoms with E-state index in [-0.39, 0.29) is 30.2 Å². The summed E-state index contributed by atoms with van der Waals surface area (Å²) in [4.78, 5) is 24.8. The average Bonchev–Trinajstić information content (AvgIpc) is 3.50. The van der Waals surface area contributed by atoms with Crippen molar-refractivity contribution in [1.29, 1.82) is 0 Å². The summed E-state index contributed by atoms with van der Waals surface area (Å²) in [5.74, 6) is 1.10. The molecule has 2 aromatic carbocycles. The van der Waals surface area contributed by atoms with Gasteiger partial charge < -0.3 is 18.9 Å². The van der Waals surface area contributed by atoms with Gasteiger partial charge in [-0.15, -0.1) is 0 Å². The number of esters is 1. The maximum absolute atomic E-state index is 12.9. The maximum atomic E-state index is 12.9. The topological polar surface area (TPSA) is 71.1 Å². The summed E-state index contributed by atoms with van der Waals surface area (Å²) in [5, 5.41) is 0.512. The number of carbonyl (C=O) groups excluding carboxylic acids is 2. The first kappa shape index (κ1) is 18.2. The summed E-state index contributed by atoms with van der Waals surface area (Å²) in [6.45, 7) is 2.29. The minimum atomic E-state index is -0.246. The Kier molecular flexibility index (Phi) is 4.33. The first-order valence-corrected chi connectivity index (χ1v) is 9.71. The third kappa shape index (κ3) is 3.28. The van der Waals surface area contributed by atoms with Gasteiger partial charge in [-0.3, -0.25) is 9.59 Å². The standard InChI is InChI=1S/C22H17ClO6/c1-11-17(29-22(25)12-2-3-12)5-4-16-19(24)18(28-20(11)16)8-13-6-15(23)7-14-9-26-10-27-21(13)14/h4-8,12H,2-3,9-10H2,1H3/b18-8-. The van der Waals surface area contributed by atoms with Crippen molar-refractivity contribution >= 4 is 29.4 Å². The van der Waals surface area contributed by atoms with E-state index in [0.29, 0.717) is 45.6 Å². The molecule has 148 valence electrons. The number of ether oxygens (including phenoxy) is 4. The SMILES string of the molecule is Cc1c(OC(=O)C2CC2)ccc2c1O/C(=C\c1cc(Cl)cc3c1OCOC3)C2=O. The Hall–Kier alpha value is -2.83. The monoisotopic (exact) mass is 412 g/mol. The number of carbonyl (C=O) groups is 2. The summed E-state index contributed by atoms with van der Waals surface area (Å²) in [6.07, 6.45) is 3.34. The zero-order valence-electron chi connectivity index (χ0n) is 15.6. The van der Waals surface area contributed by atoms with Crippen LogP contribution >= 0.6 is 11.6 Å². The molecule has 0 spiro atoms. The van der Waals surface area contributed by atoms with Crippen molar-refractivity contribution < 1.29 is 28.5 Å². The number of benzene rings is 2. The van der Waals surface area contributed by atoms with Gasteiger partial charge in [0.15, 0.2) is 12.6 Å². The number of ketones is 1. The van der Waals surface area contributed by atoms with Gasteiger partial charge in [-0.1, -0.05) is 11.6 Å². The number of Topliss-reactive ketones (excluding diaryl/α,β-unsaturated/α-hetero) is 1. The van der Waals surface area contributed by atoms with Crippen molar-refractivity contribution in [3.63, 3.8) is 0 Å². The predicted octanol–water partition coefficient (Wildman–Crippen LogP) is 4.45. The Bertz CT molecular complexity index is 1080. The Morgan fingerprint density at radius 1 is 1.24 bits per heavy atom. The van der Waals surface area contributed by atoms with Crippen LogP contribution in [0.5, 0.6) is 17.2 Å². The van der Waals surface area contributed by atoms with Crippen molar-refractivity contribution in [2.75, 3.05) is 6.79 Å².